The molecule has 0 bridgehead atoms. The van der Waals surface area contributed by atoms with Crippen LogP contribution in [-0.2, 0) is 0 Å². The Morgan fingerprint density at radius 3 is 2.85 bits per heavy atom. The highest BCUT2D eigenvalue weighted by atomic mass is 79.9. The maximum atomic E-state index is 5.67. The van der Waals surface area contributed by atoms with Crippen LogP contribution in [-0.4, -0.2) is 14.6 Å². The zero-order valence-electron chi connectivity index (χ0n) is 7.33. The van der Waals surface area contributed by atoms with Crippen LogP contribution in [0.25, 0.3) is 5.65 Å². The van der Waals surface area contributed by atoms with E-state index in [-0.39, 0.29) is 0 Å². The van der Waals surface area contributed by atoms with Crippen molar-refractivity contribution in [3.63, 3.8) is 0 Å². The first-order chi connectivity index (χ1) is 6.27. The Kier molecular flexibility index (Phi) is 3.69. The Morgan fingerprint density at radius 2 is 2.15 bits per heavy atom. The summed E-state index contributed by atoms with van der Waals surface area (Å²) in [6, 6.07) is 1.69. The molecule has 0 saturated heterocycles. The zero-order chi connectivity index (χ0) is 9.84. The highest BCUT2D eigenvalue weighted by molar-refractivity contribution is 9.10. The fourth-order valence-electron chi connectivity index (χ4n) is 0.819. The molecule has 2 aromatic rings. The SMILES string of the molecule is CC.Clc1ccn2ncc(Br)c2n1. The molecular formula is C8H9BrClN3. The van der Waals surface area contributed by atoms with E-state index in [4.69, 9.17) is 11.6 Å². The predicted octanol–water partition coefficient (Wildman–Crippen LogP) is 3.17. The van der Waals surface area contributed by atoms with Gasteiger partial charge in [-0.2, -0.15) is 5.10 Å². The summed E-state index contributed by atoms with van der Waals surface area (Å²) in [7, 11) is 0. The molecule has 0 atom stereocenters. The molecule has 0 saturated carbocycles. The first-order valence-electron chi connectivity index (χ1n) is 3.93. The van der Waals surface area contributed by atoms with E-state index in [0.717, 1.165) is 10.1 Å². The van der Waals surface area contributed by atoms with Crippen molar-refractivity contribution in [1.29, 1.82) is 0 Å². The van der Waals surface area contributed by atoms with Crippen molar-refractivity contribution < 1.29 is 0 Å². The van der Waals surface area contributed by atoms with Crippen molar-refractivity contribution in [3.8, 4) is 0 Å². The summed E-state index contributed by atoms with van der Waals surface area (Å²) >= 11 is 8.97. The second-order valence-electron chi connectivity index (χ2n) is 2.01. The summed E-state index contributed by atoms with van der Waals surface area (Å²) in [5.74, 6) is 0. The molecule has 0 radical (unpaired) electrons. The molecule has 0 N–H and O–H groups in total. The fraction of sp³-hybridized carbons (Fsp3) is 0.250. The van der Waals surface area contributed by atoms with Crippen molar-refractivity contribution >= 4 is 33.2 Å². The highest BCUT2D eigenvalue weighted by Gasteiger charge is 2.01. The standard InChI is InChI=1S/C6H3BrClN3.C2H6/c7-4-3-9-11-2-1-5(8)10-6(4)11;1-2/h1-3H;1-2H3. The average Bonchev–Trinajstić information content (AvgIpc) is 2.52. The topological polar surface area (TPSA) is 30.2 Å². The minimum absolute atomic E-state index is 0.471. The van der Waals surface area contributed by atoms with Crippen LogP contribution in [0.2, 0.25) is 5.15 Å². The molecule has 2 heterocycles. The summed E-state index contributed by atoms with van der Waals surface area (Å²) in [5, 5.41) is 4.48. The summed E-state index contributed by atoms with van der Waals surface area (Å²) in [5.41, 5.74) is 0.734. The number of rotatable bonds is 0. The predicted molar refractivity (Wildman–Crippen MR) is 57.0 cm³/mol. The molecule has 0 aliphatic heterocycles. The number of halogens is 2. The molecule has 70 valence electrons. The summed E-state index contributed by atoms with van der Waals surface area (Å²) < 4.78 is 2.50. The van der Waals surface area contributed by atoms with Crippen molar-refractivity contribution in [3.05, 3.63) is 28.1 Å². The number of hydrogen-bond donors (Lipinski definition) is 0. The zero-order valence-corrected chi connectivity index (χ0v) is 9.67. The van der Waals surface area contributed by atoms with Gasteiger partial charge in [0.15, 0.2) is 5.65 Å². The molecule has 3 nitrogen and oxygen atoms in total. The number of fused-ring (bicyclic) bond motifs is 1. The molecule has 2 rings (SSSR count). The minimum Gasteiger partial charge on any atom is -0.221 e. The highest BCUT2D eigenvalue weighted by Crippen LogP contribution is 2.16. The van der Waals surface area contributed by atoms with E-state index in [0.29, 0.717) is 5.15 Å². The van der Waals surface area contributed by atoms with Crippen LogP contribution in [0, 0.1) is 0 Å². The van der Waals surface area contributed by atoms with Gasteiger partial charge in [-0.15, -0.1) is 0 Å². The lowest BCUT2D eigenvalue weighted by atomic mass is 10.6. The van der Waals surface area contributed by atoms with E-state index < -0.39 is 0 Å². The average molecular weight is 263 g/mol. The molecule has 13 heavy (non-hydrogen) atoms. The molecule has 0 aliphatic carbocycles. The van der Waals surface area contributed by atoms with Crippen molar-refractivity contribution in [1.82, 2.24) is 14.6 Å². The third-order valence-electron chi connectivity index (χ3n) is 1.29. The quantitative estimate of drug-likeness (QED) is 0.683. The molecule has 0 fully saturated rings. The molecular weight excluding hydrogens is 253 g/mol. The molecule has 5 heteroatoms. The smallest absolute Gasteiger partial charge is 0.170 e. The van der Waals surface area contributed by atoms with E-state index in [1.165, 1.54) is 0 Å². The Balaban J connectivity index is 0.000000396. The molecule has 0 aromatic carbocycles. The Bertz CT molecular complexity index is 399. The van der Waals surface area contributed by atoms with Gasteiger partial charge >= 0.3 is 0 Å². The monoisotopic (exact) mass is 261 g/mol. The lowest BCUT2D eigenvalue weighted by Gasteiger charge is -1.91. The first kappa shape index (κ1) is 10.5. The molecule has 0 unspecified atom stereocenters. The van der Waals surface area contributed by atoms with Gasteiger partial charge in [-0.25, -0.2) is 9.50 Å². The van der Waals surface area contributed by atoms with Crippen LogP contribution < -0.4 is 0 Å². The largest absolute Gasteiger partial charge is 0.221 e. The van der Waals surface area contributed by atoms with Crippen LogP contribution in [0.1, 0.15) is 13.8 Å². The maximum absolute atomic E-state index is 5.67. The third kappa shape index (κ3) is 2.19. The van der Waals surface area contributed by atoms with E-state index >= 15 is 0 Å². The number of nitrogens with zero attached hydrogens (tertiary/aromatic N) is 3. The number of hydrogen-bond acceptors (Lipinski definition) is 2. The van der Waals surface area contributed by atoms with Crippen LogP contribution in [0.4, 0.5) is 0 Å². The Hall–Kier alpha value is -0.610. The van der Waals surface area contributed by atoms with Crippen molar-refractivity contribution in [2.45, 2.75) is 13.8 Å². The number of aromatic nitrogens is 3. The molecule has 2 aromatic heterocycles. The van der Waals surface area contributed by atoms with Crippen LogP contribution >= 0.6 is 27.5 Å². The van der Waals surface area contributed by atoms with E-state index in [9.17, 15) is 0 Å². The fourth-order valence-corrected chi connectivity index (χ4v) is 1.32. The van der Waals surface area contributed by atoms with E-state index in [1.54, 1.807) is 23.0 Å². The van der Waals surface area contributed by atoms with Gasteiger partial charge in [0.2, 0.25) is 0 Å². The van der Waals surface area contributed by atoms with Gasteiger partial charge in [-0.3, -0.25) is 0 Å². The van der Waals surface area contributed by atoms with Gasteiger partial charge in [0.05, 0.1) is 10.7 Å². The van der Waals surface area contributed by atoms with Crippen LogP contribution in [0.5, 0.6) is 0 Å². The lowest BCUT2D eigenvalue weighted by molar-refractivity contribution is 0.939. The normalized spacial score (nSPS) is 9.54. The third-order valence-corrected chi connectivity index (χ3v) is 2.06. The summed E-state index contributed by atoms with van der Waals surface area (Å²) in [6.45, 7) is 4.00. The lowest BCUT2D eigenvalue weighted by Crippen LogP contribution is -1.87. The van der Waals surface area contributed by atoms with Gasteiger partial charge < -0.3 is 0 Å². The summed E-state index contributed by atoms with van der Waals surface area (Å²) in [6.07, 6.45) is 3.44. The van der Waals surface area contributed by atoms with Crippen LogP contribution in [0.3, 0.4) is 0 Å². The summed E-state index contributed by atoms with van der Waals surface area (Å²) in [4.78, 5) is 4.05. The van der Waals surface area contributed by atoms with Crippen molar-refractivity contribution in [2.75, 3.05) is 0 Å². The molecule has 0 amide bonds. The Morgan fingerprint density at radius 1 is 1.46 bits per heavy atom. The van der Waals surface area contributed by atoms with Gasteiger partial charge in [0.25, 0.3) is 0 Å². The second-order valence-corrected chi connectivity index (χ2v) is 3.25. The molecule has 0 aliphatic rings. The second kappa shape index (κ2) is 4.58. The minimum atomic E-state index is 0.471. The molecule has 0 spiro atoms. The Labute approximate surface area is 89.9 Å². The van der Waals surface area contributed by atoms with E-state index in [2.05, 4.69) is 26.0 Å². The van der Waals surface area contributed by atoms with E-state index in [1.807, 2.05) is 13.8 Å². The maximum Gasteiger partial charge on any atom is 0.170 e. The van der Waals surface area contributed by atoms with Gasteiger partial charge in [-0.05, 0) is 22.0 Å². The van der Waals surface area contributed by atoms with Crippen molar-refractivity contribution in [2.24, 2.45) is 0 Å². The van der Waals surface area contributed by atoms with Gasteiger partial charge in [0, 0.05) is 6.20 Å². The van der Waals surface area contributed by atoms with Crippen LogP contribution in [0.15, 0.2) is 22.9 Å². The first-order valence-corrected chi connectivity index (χ1v) is 5.10. The van der Waals surface area contributed by atoms with Gasteiger partial charge in [-0.1, -0.05) is 25.4 Å². The van der Waals surface area contributed by atoms with Gasteiger partial charge in [0.1, 0.15) is 5.15 Å².